The highest BCUT2D eigenvalue weighted by molar-refractivity contribution is 6.46. The molecule has 1 N–H and O–H groups in total. The lowest BCUT2D eigenvalue weighted by atomic mass is 9.94. The van der Waals surface area contributed by atoms with Crippen LogP contribution in [0, 0.1) is 17.0 Å². The van der Waals surface area contributed by atoms with Gasteiger partial charge in [-0.05, 0) is 36.8 Å². The first-order chi connectivity index (χ1) is 15.4. The van der Waals surface area contributed by atoms with E-state index in [-0.39, 0.29) is 29.1 Å². The summed E-state index contributed by atoms with van der Waals surface area (Å²) < 4.78 is 0. The molecule has 3 aromatic rings. The Morgan fingerprint density at radius 2 is 1.84 bits per heavy atom. The Morgan fingerprint density at radius 1 is 1.09 bits per heavy atom. The molecule has 1 fully saturated rings. The number of Topliss-reactive ketones (excluding diaryl/α,β-unsaturated/α-hetero) is 1. The Balaban J connectivity index is 1.85. The minimum absolute atomic E-state index is 0.0645. The summed E-state index contributed by atoms with van der Waals surface area (Å²) in [6.45, 7) is 1.98. The van der Waals surface area contributed by atoms with Crippen LogP contribution in [0.25, 0.3) is 5.76 Å². The van der Waals surface area contributed by atoms with E-state index in [1.165, 1.54) is 29.2 Å². The van der Waals surface area contributed by atoms with Crippen molar-refractivity contribution in [2.24, 2.45) is 0 Å². The zero-order valence-electron chi connectivity index (χ0n) is 17.1. The lowest BCUT2D eigenvalue weighted by molar-refractivity contribution is -0.384. The molecule has 0 bridgehead atoms. The molecule has 8 nitrogen and oxygen atoms in total. The fourth-order valence-electron chi connectivity index (χ4n) is 3.79. The number of aromatic nitrogens is 1. The number of carbonyl (C=O) groups excluding carboxylic acids is 2. The van der Waals surface area contributed by atoms with Crippen molar-refractivity contribution in [1.29, 1.82) is 0 Å². The molecule has 1 saturated heterocycles. The standard InChI is InChI=1S/C24H19N3O5/c1-15-5-4-6-17(13-15)21-20(22(28)16-8-10-19(11-9-16)27(31)32)23(29)24(30)26(21)14-18-7-2-3-12-25-18/h2-13,21,28H,14H2,1H3/b22-20-. The Labute approximate surface area is 183 Å². The summed E-state index contributed by atoms with van der Waals surface area (Å²) in [4.78, 5) is 42.0. The van der Waals surface area contributed by atoms with Crippen LogP contribution in [-0.4, -0.2) is 31.6 Å². The highest BCUT2D eigenvalue weighted by atomic mass is 16.6. The van der Waals surface area contributed by atoms with Crippen molar-refractivity contribution in [3.05, 3.63) is 111 Å². The maximum absolute atomic E-state index is 13.0. The van der Waals surface area contributed by atoms with Gasteiger partial charge in [0.25, 0.3) is 17.4 Å². The third kappa shape index (κ3) is 3.85. The minimum Gasteiger partial charge on any atom is -0.507 e. The number of non-ortho nitro benzene ring substituents is 1. The van der Waals surface area contributed by atoms with E-state index in [4.69, 9.17) is 0 Å². The van der Waals surface area contributed by atoms with Crippen LogP contribution in [0.15, 0.2) is 78.5 Å². The second kappa shape index (κ2) is 8.43. The number of benzene rings is 2. The Hall–Kier alpha value is -4.33. The summed E-state index contributed by atoms with van der Waals surface area (Å²) in [5.41, 5.74) is 2.20. The van der Waals surface area contributed by atoms with Crippen LogP contribution in [0.1, 0.15) is 28.4 Å². The number of hydrogen-bond donors (Lipinski definition) is 1. The van der Waals surface area contributed by atoms with Crippen LogP contribution >= 0.6 is 0 Å². The largest absolute Gasteiger partial charge is 0.507 e. The number of pyridine rings is 1. The van der Waals surface area contributed by atoms with Crippen molar-refractivity contribution < 1.29 is 19.6 Å². The van der Waals surface area contributed by atoms with Crippen LogP contribution in [0.3, 0.4) is 0 Å². The Kier molecular flexibility index (Phi) is 5.51. The average Bonchev–Trinajstić information content (AvgIpc) is 3.04. The highest BCUT2D eigenvalue weighted by Gasteiger charge is 2.46. The number of aryl methyl sites for hydroxylation is 1. The third-order valence-corrected chi connectivity index (χ3v) is 5.31. The number of nitro groups is 1. The van der Waals surface area contributed by atoms with Crippen LogP contribution in [0.5, 0.6) is 0 Å². The molecule has 1 aromatic heterocycles. The number of hydrogen-bond acceptors (Lipinski definition) is 6. The van der Waals surface area contributed by atoms with Gasteiger partial charge < -0.3 is 10.0 Å². The lowest BCUT2D eigenvalue weighted by Gasteiger charge is -2.25. The molecular weight excluding hydrogens is 410 g/mol. The lowest BCUT2D eigenvalue weighted by Crippen LogP contribution is -2.29. The number of aliphatic hydroxyl groups excluding tert-OH is 1. The molecule has 1 atom stereocenters. The number of ketones is 1. The van der Waals surface area contributed by atoms with E-state index < -0.39 is 22.7 Å². The molecule has 160 valence electrons. The third-order valence-electron chi connectivity index (χ3n) is 5.31. The number of carbonyl (C=O) groups is 2. The van der Waals surface area contributed by atoms with Crippen molar-refractivity contribution in [2.45, 2.75) is 19.5 Å². The van der Waals surface area contributed by atoms with E-state index in [9.17, 15) is 24.8 Å². The molecule has 0 saturated carbocycles. The monoisotopic (exact) mass is 429 g/mol. The van der Waals surface area contributed by atoms with Gasteiger partial charge in [-0.1, -0.05) is 35.9 Å². The average molecular weight is 429 g/mol. The summed E-state index contributed by atoms with van der Waals surface area (Å²) in [5.74, 6) is -1.94. The van der Waals surface area contributed by atoms with Gasteiger partial charge in [0.1, 0.15) is 5.76 Å². The molecule has 0 spiro atoms. The normalized spacial score (nSPS) is 17.5. The van der Waals surface area contributed by atoms with Crippen molar-refractivity contribution in [3.8, 4) is 0 Å². The van der Waals surface area contributed by atoms with Gasteiger partial charge in [0, 0.05) is 23.9 Å². The molecule has 32 heavy (non-hydrogen) atoms. The van der Waals surface area contributed by atoms with E-state index in [2.05, 4.69) is 4.98 Å². The van der Waals surface area contributed by atoms with Gasteiger partial charge in [0.2, 0.25) is 0 Å². The molecule has 4 rings (SSSR count). The van der Waals surface area contributed by atoms with Crippen LogP contribution < -0.4 is 0 Å². The zero-order valence-corrected chi connectivity index (χ0v) is 17.1. The molecule has 1 unspecified atom stereocenters. The molecule has 2 heterocycles. The topological polar surface area (TPSA) is 114 Å². The maximum atomic E-state index is 13.0. The molecule has 1 aliphatic heterocycles. The number of rotatable bonds is 5. The fraction of sp³-hybridized carbons (Fsp3) is 0.125. The predicted octanol–water partition coefficient (Wildman–Crippen LogP) is 3.92. The first kappa shape index (κ1) is 20.9. The first-order valence-electron chi connectivity index (χ1n) is 9.86. The van der Waals surface area contributed by atoms with E-state index in [1.807, 2.05) is 25.1 Å². The number of nitro benzene ring substituents is 1. The number of aliphatic hydroxyl groups is 1. The van der Waals surface area contributed by atoms with Gasteiger partial charge >= 0.3 is 0 Å². The molecule has 1 amide bonds. The van der Waals surface area contributed by atoms with Crippen molar-refractivity contribution in [1.82, 2.24) is 9.88 Å². The Morgan fingerprint density at radius 3 is 2.47 bits per heavy atom. The first-order valence-corrected chi connectivity index (χ1v) is 9.86. The van der Waals surface area contributed by atoms with Crippen LogP contribution in [0.2, 0.25) is 0 Å². The van der Waals surface area contributed by atoms with Crippen molar-refractivity contribution in [3.63, 3.8) is 0 Å². The maximum Gasteiger partial charge on any atom is 0.296 e. The smallest absolute Gasteiger partial charge is 0.296 e. The van der Waals surface area contributed by atoms with E-state index >= 15 is 0 Å². The van der Waals surface area contributed by atoms with Crippen LogP contribution in [-0.2, 0) is 16.1 Å². The quantitative estimate of drug-likeness (QED) is 0.216. The minimum atomic E-state index is -0.827. The van der Waals surface area contributed by atoms with Crippen molar-refractivity contribution >= 4 is 23.1 Å². The number of likely N-dealkylation sites (tertiary alicyclic amines) is 1. The second-order valence-electron chi connectivity index (χ2n) is 7.47. The van der Waals surface area contributed by atoms with Gasteiger partial charge in [-0.2, -0.15) is 0 Å². The molecule has 0 aliphatic carbocycles. The molecular formula is C24H19N3O5. The van der Waals surface area contributed by atoms with E-state index in [1.54, 1.807) is 30.5 Å². The highest BCUT2D eigenvalue weighted by Crippen LogP contribution is 2.40. The summed E-state index contributed by atoms with van der Waals surface area (Å²) in [6.07, 6.45) is 1.60. The van der Waals surface area contributed by atoms with E-state index in [0.29, 0.717) is 11.3 Å². The fourth-order valence-corrected chi connectivity index (χ4v) is 3.79. The molecule has 0 radical (unpaired) electrons. The van der Waals surface area contributed by atoms with E-state index in [0.717, 1.165) is 5.56 Å². The van der Waals surface area contributed by atoms with Crippen molar-refractivity contribution in [2.75, 3.05) is 0 Å². The second-order valence-corrected chi connectivity index (χ2v) is 7.47. The van der Waals surface area contributed by atoms with Gasteiger partial charge in [-0.3, -0.25) is 24.7 Å². The number of nitrogens with zero attached hydrogens (tertiary/aromatic N) is 3. The zero-order chi connectivity index (χ0) is 22.8. The molecule has 2 aromatic carbocycles. The molecule has 1 aliphatic rings. The summed E-state index contributed by atoms with van der Waals surface area (Å²) in [7, 11) is 0. The van der Waals surface area contributed by atoms with Gasteiger partial charge in [0.15, 0.2) is 0 Å². The Bertz CT molecular complexity index is 1240. The predicted molar refractivity (Wildman–Crippen MR) is 116 cm³/mol. The summed E-state index contributed by atoms with van der Waals surface area (Å²) in [6, 6.07) is 17.0. The van der Waals surface area contributed by atoms with Gasteiger partial charge in [-0.25, -0.2) is 0 Å². The van der Waals surface area contributed by atoms with Crippen LogP contribution in [0.4, 0.5) is 5.69 Å². The SMILES string of the molecule is Cc1cccc(C2/C(=C(/O)c3ccc([N+](=O)[O-])cc3)C(=O)C(=O)N2Cc2ccccn2)c1. The number of amides is 1. The molecule has 8 heteroatoms. The van der Waals surface area contributed by atoms with Gasteiger partial charge in [0.05, 0.1) is 28.8 Å². The summed E-state index contributed by atoms with van der Waals surface area (Å²) >= 11 is 0. The summed E-state index contributed by atoms with van der Waals surface area (Å²) in [5, 5.41) is 22.0. The van der Waals surface area contributed by atoms with Gasteiger partial charge in [-0.15, -0.1) is 0 Å².